The van der Waals surface area contributed by atoms with Gasteiger partial charge in [0.15, 0.2) is 10.8 Å². The van der Waals surface area contributed by atoms with Gasteiger partial charge in [-0.25, -0.2) is 19.6 Å². The van der Waals surface area contributed by atoms with Gasteiger partial charge in [0.05, 0.1) is 24.3 Å². The maximum Gasteiger partial charge on any atom is 0.271 e. The van der Waals surface area contributed by atoms with Gasteiger partial charge >= 0.3 is 0 Å². The lowest BCUT2D eigenvalue weighted by atomic mass is 10.2. The molecule has 0 saturated heterocycles. The van der Waals surface area contributed by atoms with Crippen LogP contribution in [0.15, 0.2) is 29.9 Å². The van der Waals surface area contributed by atoms with Crippen LogP contribution in [0, 0.1) is 5.92 Å². The lowest BCUT2D eigenvalue weighted by molar-refractivity contribution is 0.0946. The molecule has 3 heterocycles. The topological polar surface area (TPSA) is 111 Å². The van der Waals surface area contributed by atoms with E-state index in [1.54, 1.807) is 22.6 Å². The van der Waals surface area contributed by atoms with Gasteiger partial charge in [-0.2, -0.15) is 5.10 Å². The molecule has 2 N–H and O–H groups in total. The lowest BCUT2D eigenvalue weighted by Crippen LogP contribution is -2.28. The average Bonchev–Trinajstić information content (AvgIpc) is 3.10. The third-order valence-corrected chi connectivity index (χ3v) is 4.56. The summed E-state index contributed by atoms with van der Waals surface area (Å²) in [6.45, 7) is 8.08. The minimum absolute atomic E-state index is 0.263. The quantitative estimate of drug-likeness (QED) is 0.416. The number of anilines is 1. The minimum Gasteiger partial charge on any atom is -0.369 e. The molecule has 0 spiro atoms. The Morgan fingerprint density at radius 1 is 1.25 bits per heavy atom. The summed E-state index contributed by atoms with van der Waals surface area (Å²) in [4.78, 5) is 29.3. The van der Waals surface area contributed by atoms with Crippen LogP contribution in [0.2, 0.25) is 0 Å². The molecule has 0 aliphatic rings. The highest BCUT2D eigenvalue weighted by Gasteiger charge is 2.14. The SMILES string of the molecule is CCSc1nc(NCC(C)C)c2cnn(CCNC(=O)c3cnccn3)c2n1. The molecular formula is C18H24N8OS. The molecule has 0 radical (unpaired) electrons. The first-order valence-corrected chi connectivity index (χ1v) is 10.2. The van der Waals surface area contributed by atoms with Gasteiger partial charge in [-0.3, -0.25) is 9.78 Å². The molecule has 0 bridgehead atoms. The largest absolute Gasteiger partial charge is 0.369 e. The molecule has 28 heavy (non-hydrogen) atoms. The summed E-state index contributed by atoms with van der Waals surface area (Å²) in [6, 6.07) is 0. The van der Waals surface area contributed by atoms with E-state index < -0.39 is 0 Å². The Morgan fingerprint density at radius 2 is 2.11 bits per heavy atom. The number of carbonyl (C=O) groups is 1. The van der Waals surface area contributed by atoms with Crippen molar-refractivity contribution in [2.24, 2.45) is 5.92 Å². The average molecular weight is 401 g/mol. The van der Waals surface area contributed by atoms with Crippen LogP contribution >= 0.6 is 11.8 Å². The van der Waals surface area contributed by atoms with Crippen molar-refractivity contribution in [2.45, 2.75) is 32.5 Å². The van der Waals surface area contributed by atoms with Crippen LogP contribution in [-0.2, 0) is 6.54 Å². The first-order chi connectivity index (χ1) is 13.6. The van der Waals surface area contributed by atoms with Crippen molar-refractivity contribution in [3.63, 3.8) is 0 Å². The summed E-state index contributed by atoms with van der Waals surface area (Å²) in [6.07, 6.45) is 6.23. The molecule has 0 fully saturated rings. The van der Waals surface area contributed by atoms with Gasteiger partial charge in [-0.05, 0) is 11.7 Å². The van der Waals surface area contributed by atoms with Crippen LogP contribution in [0.5, 0.6) is 0 Å². The number of aromatic nitrogens is 6. The molecule has 0 saturated carbocycles. The van der Waals surface area contributed by atoms with Crippen molar-refractivity contribution in [2.75, 3.05) is 24.2 Å². The van der Waals surface area contributed by atoms with Gasteiger partial charge in [0.25, 0.3) is 5.91 Å². The van der Waals surface area contributed by atoms with E-state index in [2.05, 4.69) is 56.4 Å². The predicted octanol–water partition coefficient (Wildman–Crippen LogP) is 2.23. The minimum atomic E-state index is -0.263. The maximum atomic E-state index is 12.1. The third-order valence-electron chi connectivity index (χ3n) is 3.83. The molecule has 1 amide bonds. The fraction of sp³-hybridized carbons (Fsp3) is 0.444. The van der Waals surface area contributed by atoms with Crippen LogP contribution in [-0.4, -0.2) is 54.5 Å². The molecule has 3 aromatic rings. The first-order valence-electron chi connectivity index (χ1n) is 9.23. The van der Waals surface area contributed by atoms with Crippen LogP contribution in [0.4, 0.5) is 5.82 Å². The molecule has 3 aromatic heterocycles. The molecule has 9 nitrogen and oxygen atoms in total. The zero-order chi connectivity index (χ0) is 19.9. The van der Waals surface area contributed by atoms with Gasteiger partial charge < -0.3 is 10.6 Å². The smallest absolute Gasteiger partial charge is 0.271 e. The molecule has 0 aliphatic heterocycles. The van der Waals surface area contributed by atoms with Gasteiger partial charge in [0, 0.05) is 25.5 Å². The highest BCUT2D eigenvalue weighted by Crippen LogP contribution is 2.24. The zero-order valence-electron chi connectivity index (χ0n) is 16.2. The first kappa shape index (κ1) is 20.0. The fourth-order valence-corrected chi connectivity index (χ4v) is 3.08. The van der Waals surface area contributed by atoms with E-state index in [9.17, 15) is 4.79 Å². The molecule has 10 heteroatoms. The number of carbonyl (C=O) groups excluding carboxylic acids is 1. The standard InChI is InChI=1S/C18H24N8OS/c1-4-28-18-24-15(22-9-12(2)3)13-10-23-26(16(13)25-18)8-7-21-17(27)14-11-19-5-6-20-14/h5-6,10-12H,4,7-9H2,1-3H3,(H,21,27)(H,22,24,25). The van der Waals surface area contributed by atoms with E-state index in [0.717, 1.165) is 29.1 Å². The Morgan fingerprint density at radius 3 is 2.82 bits per heavy atom. The van der Waals surface area contributed by atoms with E-state index in [-0.39, 0.29) is 11.6 Å². The van der Waals surface area contributed by atoms with Gasteiger partial charge in [0.2, 0.25) is 0 Å². The molecule has 0 aliphatic carbocycles. The van der Waals surface area contributed by atoms with Crippen LogP contribution in [0.25, 0.3) is 11.0 Å². The second kappa shape index (κ2) is 9.45. The predicted molar refractivity (Wildman–Crippen MR) is 109 cm³/mol. The number of rotatable bonds is 9. The molecule has 0 unspecified atom stereocenters. The number of fused-ring (bicyclic) bond motifs is 1. The Kier molecular flexibility index (Phi) is 6.75. The molecule has 0 aromatic carbocycles. The molecule has 3 rings (SSSR count). The highest BCUT2D eigenvalue weighted by molar-refractivity contribution is 7.99. The summed E-state index contributed by atoms with van der Waals surface area (Å²) in [5.74, 6) is 1.92. The Labute approximate surface area is 167 Å². The molecule has 0 atom stereocenters. The zero-order valence-corrected chi connectivity index (χ0v) is 17.0. The Hall–Kier alpha value is -2.75. The van der Waals surface area contributed by atoms with Crippen molar-refractivity contribution in [1.82, 2.24) is 35.0 Å². The summed E-state index contributed by atoms with van der Waals surface area (Å²) < 4.78 is 1.79. The summed E-state index contributed by atoms with van der Waals surface area (Å²) in [7, 11) is 0. The Balaban J connectivity index is 1.74. The van der Waals surface area contributed by atoms with Crippen molar-refractivity contribution in [3.8, 4) is 0 Å². The number of nitrogens with one attached hydrogen (secondary N) is 2. The van der Waals surface area contributed by atoms with E-state index in [1.165, 1.54) is 18.6 Å². The monoisotopic (exact) mass is 400 g/mol. The maximum absolute atomic E-state index is 12.1. The van der Waals surface area contributed by atoms with Crippen LogP contribution < -0.4 is 10.6 Å². The van der Waals surface area contributed by atoms with Crippen molar-refractivity contribution in [1.29, 1.82) is 0 Å². The van der Waals surface area contributed by atoms with Crippen molar-refractivity contribution >= 4 is 34.5 Å². The summed E-state index contributed by atoms with van der Waals surface area (Å²) in [5.41, 5.74) is 1.04. The number of hydrogen-bond donors (Lipinski definition) is 2. The number of thioether (sulfide) groups is 1. The third kappa shape index (κ3) is 4.94. The van der Waals surface area contributed by atoms with E-state index in [4.69, 9.17) is 0 Å². The Bertz CT molecular complexity index is 928. The van der Waals surface area contributed by atoms with Gasteiger partial charge in [-0.15, -0.1) is 0 Å². The van der Waals surface area contributed by atoms with Gasteiger partial charge in [0.1, 0.15) is 11.5 Å². The number of hydrogen-bond acceptors (Lipinski definition) is 8. The molecule has 148 valence electrons. The summed E-state index contributed by atoms with van der Waals surface area (Å²) in [5, 5.41) is 12.3. The number of amides is 1. The van der Waals surface area contributed by atoms with E-state index in [1.807, 2.05) is 0 Å². The highest BCUT2D eigenvalue weighted by atomic mass is 32.2. The van der Waals surface area contributed by atoms with E-state index in [0.29, 0.717) is 24.2 Å². The van der Waals surface area contributed by atoms with Gasteiger partial charge in [-0.1, -0.05) is 32.5 Å². The fourth-order valence-electron chi connectivity index (χ4n) is 2.51. The van der Waals surface area contributed by atoms with Crippen molar-refractivity contribution < 1.29 is 4.79 Å². The van der Waals surface area contributed by atoms with Crippen LogP contribution in [0.3, 0.4) is 0 Å². The number of nitrogens with zero attached hydrogens (tertiary/aromatic N) is 6. The lowest BCUT2D eigenvalue weighted by Gasteiger charge is -2.11. The second-order valence-electron chi connectivity index (χ2n) is 6.51. The normalized spacial score (nSPS) is 11.1. The summed E-state index contributed by atoms with van der Waals surface area (Å²) >= 11 is 1.59. The van der Waals surface area contributed by atoms with E-state index >= 15 is 0 Å². The second-order valence-corrected chi connectivity index (χ2v) is 7.75. The molecular weight excluding hydrogens is 376 g/mol. The van der Waals surface area contributed by atoms with Crippen LogP contribution in [0.1, 0.15) is 31.3 Å². The van der Waals surface area contributed by atoms with Crippen molar-refractivity contribution in [3.05, 3.63) is 30.5 Å².